The van der Waals surface area contributed by atoms with Crippen molar-refractivity contribution in [2.45, 2.75) is 11.1 Å². The number of aryl methyl sites for hydroxylation is 2. The number of thiazole rings is 1. The summed E-state index contributed by atoms with van der Waals surface area (Å²) in [5.41, 5.74) is 0.415. The van der Waals surface area contributed by atoms with Crippen molar-refractivity contribution in [3.8, 4) is 0 Å². The van der Waals surface area contributed by atoms with Gasteiger partial charge < -0.3 is 4.57 Å². The average molecular weight is 320 g/mol. The van der Waals surface area contributed by atoms with Crippen molar-refractivity contribution in [3.05, 3.63) is 38.8 Å². The van der Waals surface area contributed by atoms with Gasteiger partial charge in [-0.2, -0.15) is 0 Å². The Morgan fingerprint density at radius 2 is 2.11 bits per heavy atom. The van der Waals surface area contributed by atoms with Crippen molar-refractivity contribution in [1.82, 2.24) is 9.55 Å². The number of aromatic nitrogens is 2. The van der Waals surface area contributed by atoms with Gasteiger partial charge >= 0.3 is 0 Å². The summed E-state index contributed by atoms with van der Waals surface area (Å²) in [6.07, 6.45) is 1.40. The van der Waals surface area contributed by atoms with Gasteiger partial charge in [-0.3, -0.25) is 9.52 Å². The Kier molecular flexibility index (Phi) is 3.66. The fourth-order valence-electron chi connectivity index (χ4n) is 1.46. The summed E-state index contributed by atoms with van der Waals surface area (Å²) in [7, 11) is -2.21. The van der Waals surface area contributed by atoms with Crippen LogP contribution in [0, 0.1) is 6.92 Å². The smallest absolute Gasteiger partial charge is 0.273 e. The second kappa shape index (κ2) is 4.95. The summed E-state index contributed by atoms with van der Waals surface area (Å²) in [5, 5.41) is 0. The first-order valence-electron chi connectivity index (χ1n) is 5.12. The summed E-state index contributed by atoms with van der Waals surface area (Å²) in [6, 6.07) is 2.68. The molecule has 2 aromatic rings. The van der Waals surface area contributed by atoms with E-state index in [-0.39, 0.29) is 14.2 Å². The molecule has 6 nitrogen and oxygen atoms in total. The summed E-state index contributed by atoms with van der Waals surface area (Å²) in [4.78, 5) is 15.1. The van der Waals surface area contributed by atoms with Crippen molar-refractivity contribution >= 4 is 38.6 Å². The Bertz CT molecular complexity index is 780. The lowest BCUT2D eigenvalue weighted by Gasteiger charge is -2.07. The molecule has 2 heterocycles. The maximum atomic E-state index is 12.1. The SMILES string of the molecule is Cc1nc(Cl)sc1S(=O)(=O)Nc1ccc(=O)n(C)c1. The van der Waals surface area contributed by atoms with Gasteiger partial charge in [-0.05, 0) is 13.0 Å². The summed E-state index contributed by atoms with van der Waals surface area (Å²) >= 11 is 6.57. The summed E-state index contributed by atoms with van der Waals surface area (Å²) < 4.78 is 28.2. The second-order valence-corrected chi connectivity index (χ2v) is 7.27. The minimum absolute atomic E-state index is 0.0614. The normalized spacial score (nSPS) is 11.5. The first kappa shape index (κ1) is 14.0. The molecule has 0 atom stereocenters. The molecule has 2 aromatic heterocycles. The molecule has 0 saturated carbocycles. The zero-order valence-corrected chi connectivity index (χ0v) is 12.4. The monoisotopic (exact) mass is 319 g/mol. The topological polar surface area (TPSA) is 81.1 Å². The van der Waals surface area contributed by atoms with Gasteiger partial charge in [0, 0.05) is 19.3 Å². The second-order valence-electron chi connectivity index (χ2n) is 3.81. The van der Waals surface area contributed by atoms with Gasteiger partial charge in [0.1, 0.15) is 0 Å². The highest BCUT2D eigenvalue weighted by Gasteiger charge is 2.21. The fourth-order valence-corrected chi connectivity index (χ4v) is 4.24. The number of pyridine rings is 1. The molecule has 0 saturated heterocycles. The van der Waals surface area contributed by atoms with E-state index >= 15 is 0 Å². The Balaban J connectivity index is 2.39. The van der Waals surface area contributed by atoms with Crippen LogP contribution >= 0.6 is 22.9 Å². The van der Waals surface area contributed by atoms with E-state index in [0.717, 1.165) is 11.3 Å². The molecule has 0 fully saturated rings. The largest absolute Gasteiger partial charge is 0.316 e. The molecule has 0 aromatic carbocycles. The third-order valence-corrected chi connectivity index (χ3v) is 5.56. The molecular formula is C10H10ClN3O3S2. The van der Waals surface area contributed by atoms with Crippen molar-refractivity contribution in [2.24, 2.45) is 7.05 Å². The number of nitrogens with one attached hydrogen (secondary N) is 1. The third-order valence-electron chi connectivity index (χ3n) is 2.31. The Morgan fingerprint density at radius 3 is 2.63 bits per heavy atom. The lowest BCUT2D eigenvalue weighted by atomic mass is 10.4. The van der Waals surface area contributed by atoms with Gasteiger partial charge in [-0.15, -0.1) is 0 Å². The van der Waals surface area contributed by atoms with Crippen LogP contribution in [0.5, 0.6) is 0 Å². The van der Waals surface area contributed by atoms with Crippen LogP contribution in [0.25, 0.3) is 0 Å². The Hall–Kier alpha value is -1.38. The summed E-state index contributed by atoms with van der Waals surface area (Å²) in [5.74, 6) is 0. The van der Waals surface area contributed by atoms with Gasteiger partial charge in [0.25, 0.3) is 10.0 Å². The molecule has 102 valence electrons. The maximum Gasteiger partial charge on any atom is 0.273 e. The van der Waals surface area contributed by atoms with E-state index in [1.807, 2.05) is 0 Å². The number of halogens is 1. The van der Waals surface area contributed by atoms with Crippen LogP contribution < -0.4 is 10.3 Å². The predicted octanol–water partition coefficient (Wildman–Crippen LogP) is 1.60. The van der Waals surface area contributed by atoms with Crippen LogP contribution in [0.4, 0.5) is 5.69 Å². The Morgan fingerprint density at radius 1 is 1.42 bits per heavy atom. The first-order chi connectivity index (χ1) is 8.79. The van der Waals surface area contributed by atoms with E-state index in [9.17, 15) is 13.2 Å². The highest BCUT2D eigenvalue weighted by atomic mass is 35.5. The predicted molar refractivity (Wildman–Crippen MR) is 74.4 cm³/mol. The van der Waals surface area contributed by atoms with Crippen molar-refractivity contribution < 1.29 is 8.42 Å². The molecule has 0 radical (unpaired) electrons. The molecule has 19 heavy (non-hydrogen) atoms. The standard InChI is InChI=1S/C10H10ClN3O3S2/c1-6-9(18-10(11)12-6)19(16,17)13-7-3-4-8(15)14(2)5-7/h3-5,13H,1-2H3. The highest BCUT2D eigenvalue weighted by Crippen LogP contribution is 2.28. The minimum Gasteiger partial charge on any atom is -0.316 e. The van der Waals surface area contributed by atoms with E-state index in [0.29, 0.717) is 11.4 Å². The quantitative estimate of drug-likeness (QED) is 0.931. The van der Waals surface area contributed by atoms with Crippen LogP contribution in [-0.4, -0.2) is 18.0 Å². The van der Waals surface area contributed by atoms with E-state index in [4.69, 9.17) is 11.6 Å². The zero-order valence-electron chi connectivity index (χ0n) is 10.0. The highest BCUT2D eigenvalue weighted by molar-refractivity contribution is 7.94. The van der Waals surface area contributed by atoms with Crippen LogP contribution in [0.1, 0.15) is 5.69 Å². The lowest BCUT2D eigenvalue weighted by Crippen LogP contribution is -2.18. The molecular weight excluding hydrogens is 310 g/mol. The molecule has 0 spiro atoms. The fraction of sp³-hybridized carbons (Fsp3) is 0.200. The number of rotatable bonds is 3. The lowest BCUT2D eigenvalue weighted by molar-refractivity contribution is 0.602. The Labute approximate surface area is 118 Å². The van der Waals surface area contributed by atoms with Crippen molar-refractivity contribution in [1.29, 1.82) is 0 Å². The van der Waals surface area contributed by atoms with Gasteiger partial charge in [0.2, 0.25) is 5.56 Å². The van der Waals surface area contributed by atoms with Crippen LogP contribution in [-0.2, 0) is 17.1 Å². The number of anilines is 1. The molecule has 0 aliphatic rings. The minimum atomic E-state index is -3.75. The molecule has 0 amide bonds. The third kappa shape index (κ3) is 2.96. The maximum absolute atomic E-state index is 12.1. The van der Waals surface area contributed by atoms with E-state index in [1.54, 1.807) is 6.92 Å². The number of nitrogens with zero attached hydrogens (tertiary/aromatic N) is 2. The number of sulfonamides is 1. The van der Waals surface area contributed by atoms with Gasteiger partial charge in [-0.25, -0.2) is 13.4 Å². The van der Waals surface area contributed by atoms with Gasteiger partial charge in [0.15, 0.2) is 8.68 Å². The van der Waals surface area contributed by atoms with Crippen molar-refractivity contribution in [3.63, 3.8) is 0 Å². The van der Waals surface area contributed by atoms with Crippen molar-refractivity contribution in [2.75, 3.05) is 4.72 Å². The molecule has 2 rings (SSSR count). The molecule has 0 bridgehead atoms. The van der Waals surface area contributed by atoms with Crippen LogP contribution in [0.2, 0.25) is 4.47 Å². The average Bonchev–Trinajstić information content (AvgIpc) is 2.63. The summed E-state index contributed by atoms with van der Waals surface area (Å²) in [6.45, 7) is 1.57. The first-order valence-corrected chi connectivity index (χ1v) is 7.80. The molecule has 0 unspecified atom stereocenters. The van der Waals surface area contributed by atoms with E-state index in [1.165, 1.54) is 29.9 Å². The molecule has 9 heteroatoms. The zero-order chi connectivity index (χ0) is 14.2. The van der Waals surface area contributed by atoms with Crippen LogP contribution in [0.15, 0.2) is 27.3 Å². The van der Waals surface area contributed by atoms with E-state index in [2.05, 4.69) is 9.71 Å². The van der Waals surface area contributed by atoms with Gasteiger partial charge in [0.05, 0.1) is 11.4 Å². The van der Waals surface area contributed by atoms with Gasteiger partial charge in [-0.1, -0.05) is 22.9 Å². The molecule has 1 N–H and O–H groups in total. The molecule has 0 aliphatic heterocycles. The number of hydrogen-bond acceptors (Lipinski definition) is 5. The van der Waals surface area contributed by atoms with Crippen LogP contribution in [0.3, 0.4) is 0 Å². The van der Waals surface area contributed by atoms with E-state index < -0.39 is 10.0 Å². The molecule has 0 aliphatic carbocycles. The number of hydrogen-bond donors (Lipinski definition) is 1.